The summed E-state index contributed by atoms with van der Waals surface area (Å²) in [5, 5.41) is 12.3. The number of fused-ring (bicyclic) bond motifs is 1. The Bertz CT molecular complexity index is 552. The van der Waals surface area contributed by atoms with Crippen LogP contribution in [0.3, 0.4) is 0 Å². The molecule has 1 aromatic carbocycles. The number of nitrogens with zero attached hydrogens (tertiary/aromatic N) is 1. The molecule has 112 valence electrons. The van der Waals surface area contributed by atoms with E-state index >= 15 is 0 Å². The highest BCUT2D eigenvalue weighted by Gasteiger charge is 2.33. The van der Waals surface area contributed by atoms with Gasteiger partial charge in [-0.25, -0.2) is 4.79 Å². The molecule has 1 aromatic rings. The summed E-state index contributed by atoms with van der Waals surface area (Å²) in [7, 11) is 0. The minimum Gasteiger partial charge on any atom is -0.481 e. The standard InChI is InChI=1S/C16H20N2O3/c19-15(20)12-9-11-5-1-4-8-14(11)18(10-12)16(21)17-13-6-2-3-7-13/h1,4-5,8,12-13H,2-3,6-7,9-10H2,(H,17,21)(H,19,20). The van der Waals surface area contributed by atoms with Gasteiger partial charge in [0.15, 0.2) is 0 Å². The molecule has 1 fully saturated rings. The number of anilines is 1. The van der Waals surface area contributed by atoms with E-state index in [-0.39, 0.29) is 18.6 Å². The fraction of sp³-hybridized carbons (Fsp3) is 0.500. The Labute approximate surface area is 123 Å². The third-order valence-electron chi connectivity index (χ3n) is 4.43. The molecule has 0 aromatic heterocycles. The smallest absolute Gasteiger partial charge is 0.322 e. The lowest BCUT2D eigenvalue weighted by atomic mass is 9.93. The Morgan fingerprint density at radius 2 is 1.90 bits per heavy atom. The summed E-state index contributed by atoms with van der Waals surface area (Å²) in [6.07, 6.45) is 4.82. The van der Waals surface area contributed by atoms with Gasteiger partial charge in [-0.3, -0.25) is 9.69 Å². The van der Waals surface area contributed by atoms with Crippen molar-refractivity contribution in [2.24, 2.45) is 5.92 Å². The second-order valence-electron chi connectivity index (χ2n) is 5.91. The molecule has 0 radical (unpaired) electrons. The molecule has 5 nitrogen and oxygen atoms in total. The van der Waals surface area contributed by atoms with Crippen molar-refractivity contribution in [3.8, 4) is 0 Å². The molecular weight excluding hydrogens is 268 g/mol. The first-order chi connectivity index (χ1) is 10.1. The molecular formula is C16H20N2O3. The van der Waals surface area contributed by atoms with Gasteiger partial charge in [0.1, 0.15) is 0 Å². The zero-order valence-electron chi connectivity index (χ0n) is 11.9. The van der Waals surface area contributed by atoms with Crippen molar-refractivity contribution in [2.75, 3.05) is 11.4 Å². The fourth-order valence-corrected chi connectivity index (χ4v) is 3.28. The van der Waals surface area contributed by atoms with Crippen LogP contribution in [-0.4, -0.2) is 29.7 Å². The van der Waals surface area contributed by atoms with E-state index in [2.05, 4.69) is 5.32 Å². The molecule has 0 spiro atoms. The number of rotatable bonds is 2. The molecule has 0 bridgehead atoms. The molecule has 2 amide bonds. The van der Waals surface area contributed by atoms with Crippen LogP contribution in [0.25, 0.3) is 0 Å². The molecule has 1 aliphatic heterocycles. The largest absolute Gasteiger partial charge is 0.481 e. The number of para-hydroxylation sites is 1. The van der Waals surface area contributed by atoms with Gasteiger partial charge in [0.25, 0.3) is 0 Å². The van der Waals surface area contributed by atoms with Crippen LogP contribution < -0.4 is 10.2 Å². The van der Waals surface area contributed by atoms with Gasteiger partial charge in [0, 0.05) is 18.3 Å². The predicted octanol–water partition coefficient (Wildman–Crippen LogP) is 2.40. The number of benzene rings is 1. The van der Waals surface area contributed by atoms with Crippen LogP contribution in [0.15, 0.2) is 24.3 Å². The summed E-state index contributed by atoms with van der Waals surface area (Å²) in [4.78, 5) is 25.4. The molecule has 2 aliphatic rings. The Kier molecular flexibility index (Phi) is 3.82. The quantitative estimate of drug-likeness (QED) is 0.878. The van der Waals surface area contributed by atoms with Gasteiger partial charge in [-0.15, -0.1) is 0 Å². The Hall–Kier alpha value is -2.04. The van der Waals surface area contributed by atoms with Crippen molar-refractivity contribution in [3.63, 3.8) is 0 Å². The lowest BCUT2D eigenvalue weighted by Gasteiger charge is -2.33. The highest BCUT2D eigenvalue weighted by atomic mass is 16.4. The summed E-state index contributed by atoms with van der Waals surface area (Å²) in [6.45, 7) is 0.241. The number of hydrogen-bond acceptors (Lipinski definition) is 2. The number of hydrogen-bond donors (Lipinski definition) is 2. The Morgan fingerprint density at radius 1 is 1.19 bits per heavy atom. The molecule has 1 saturated carbocycles. The van der Waals surface area contributed by atoms with Gasteiger partial charge in [-0.05, 0) is 30.9 Å². The molecule has 1 atom stereocenters. The van der Waals surface area contributed by atoms with Crippen molar-refractivity contribution < 1.29 is 14.7 Å². The highest BCUT2D eigenvalue weighted by molar-refractivity contribution is 5.94. The van der Waals surface area contributed by atoms with Gasteiger partial charge in [0.2, 0.25) is 0 Å². The van der Waals surface area contributed by atoms with E-state index < -0.39 is 11.9 Å². The van der Waals surface area contributed by atoms with Gasteiger partial charge in [-0.2, -0.15) is 0 Å². The number of carbonyl (C=O) groups is 2. The van der Waals surface area contributed by atoms with E-state index in [9.17, 15) is 14.7 Å². The first-order valence-electron chi connectivity index (χ1n) is 7.54. The van der Waals surface area contributed by atoms with Crippen molar-refractivity contribution in [1.82, 2.24) is 5.32 Å². The van der Waals surface area contributed by atoms with E-state index in [1.54, 1.807) is 4.90 Å². The zero-order chi connectivity index (χ0) is 14.8. The van der Waals surface area contributed by atoms with Crippen molar-refractivity contribution in [1.29, 1.82) is 0 Å². The molecule has 2 N–H and O–H groups in total. The summed E-state index contributed by atoms with van der Waals surface area (Å²) in [6, 6.07) is 7.63. The number of urea groups is 1. The van der Waals surface area contributed by atoms with Crippen LogP contribution in [0.2, 0.25) is 0 Å². The third kappa shape index (κ3) is 2.86. The van der Waals surface area contributed by atoms with Crippen LogP contribution in [0, 0.1) is 5.92 Å². The zero-order valence-corrected chi connectivity index (χ0v) is 11.9. The van der Waals surface area contributed by atoms with Crippen LogP contribution >= 0.6 is 0 Å². The van der Waals surface area contributed by atoms with Crippen LogP contribution in [0.5, 0.6) is 0 Å². The summed E-state index contributed by atoms with van der Waals surface area (Å²) in [5.41, 5.74) is 1.77. The van der Waals surface area contributed by atoms with Crippen LogP contribution in [0.4, 0.5) is 10.5 Å². The van der Waals surface area contributed by atoms with Crippen LogP contribution in [0.1, 0.15) is 31.2 Å². The van der Waals surface area contributed by atoms with E-state index in [4.69, 9.17) is 0 Å². The van der Waals surface area contributed by atoms with Crippen molar-refractivity contribution >= 4 is 17.7 Å². The topological polar surface area (TPSA) is 69.6 Å². The average Bonchev–Trinajstić information content (AvgIpc) is 2.98. The van der Waals surface area contributed by atoms with Gasteiger partial charge < -0.3 is 10.4 Å². The number of carbonyl (C=O) groups excluding carboxylic acids is 1. The monoisotopic (exact) mass is 288 g/mol. The Morgan fingerprint density at radius 3 is 2.62 bits per heavy atom. The lowest BCUT2D eigenvalue weighted by molar-refractivity contribution is -0.141. The molecule has 0 saturated heterocycles. The van der Waals surface area contributed by atoms with Crippen molar-refractivity contribution in [2.45, 2.75) is 38.1 Å². The van der Waals surface area contributed by atoms with Gasteiger partial charge in [0.05, 0.1) is 5.92 Å². The molecule has 3 rings (SSSR count). The maximum atomic E-state index is 12.5. The number of carboxylic acid groups (broad SMARTS) is 1. The molecule has 1 unspecified atom stereocenters. The lowest BCUT2D eigenvalue weighted by Crippen LogP contribution is -2.49. The van der Waals surface area contributed by atoms with Crippen molar-refractivity contribution in [3.05, 3.63) is 29.8 Å². The highest BCUT2D eigenvalue weighted by Crippen LogP contribution is 2.30. The average molecular weight is 288 g/mol. The second-order valence-corrected chi connectivity index (χ2v) is 5.91. The summed E-state index contributed by atoms with van der Waals surface area (Å²) < 4.78 is 0. The second kappa shape index (κ2) is 5.76. The first kappa shape index (κ1) is 13.9. The van der Waals surface area contributed by atoms with Gasteiger partial charge in [-0.1, -0.05) is 31.0 Å². The fourth-order valence-electron chi connectivity index (χ4n) is 3.28. The molecule has 1 heterocycles. The first-order valence-corrected chi connectivity index (χ1v) is 7.54. The summed E-state index contributed by atoms with van der Waals surface area (Å²) in [5.74, 6) is -1.38. The number of carboxylic acids is 1. The predicted molar refractivity (Wildman–Crippen MR) is 79.4 cm³/mol. The molecule has 21 heavy (non-hydrogen) atoms. The SMILES string of the molecule is O=C(O)C1Cc2ccccc2N(C(=O)NC2CCCC2)C1. The normalized spacial score (nSPS) is 21.9. The Balaban J connectivity index is 1.81. The van der Waals surface area contributed by atoms with E-state index in [0.717, 1.165) is 36.9 Å². The number of aliphatic carboxylic acids is 1. The minimum atomic E-state index is -0.844. The maximum absolute atomic E-state index is 12.5. The van der Waals surface area contributed by atoms with E-state index in [1.807, 2.05) is 24.3 Å². The number of nitrogens with one attached hydrogen (secondary N) is 1. The minimum absolute atomic E-state index is 0.166. The molecule has 5 heteroatoms. The third-order valence-corrected chi connectivity index (χ3v) is 4.43. The summed E-state index contributed by atoms with van der Waals surface area (Å²) >= 11 is 0. The van der Waals surface area contributed by atoms with E-state index in [0.29, 0.717) is 6.42 Å². The number of amides is 2. The van der Waals surface area contributed by atoms with Gasteiger partial charge >= 0.3 is 12.0 Å². The maximum Gasteiger partial charge on any atom is 0.322 e. The van der Waals surface area contributed by atoms with E-state index in [1.165, 1.54) is 0 Å². The molecule has 1 aliphatic carbocycles. The van der Waals surface area contributed by atoms with Crippen LogP contribution in [-0.2, 0) is 11.2 Å².